The Balaban J connectivity index is 1.34. The zero-order chi connectivity index (χ0) is 28.5. The van der Waals surface area contributed by atoms with Crippen LogP contribution in [0.1, 0.15) is 77.3 Å². The van der Waals surface area contributed by atoms with Crippen LogP contribution in [0.3, 0.4) is 0 Å². The van der Waals surface area contributed by atoms with E-state index in [1.807, 2.05) is 12.1 Å². The zero-order valence-electron chi connectivity index (χ0n) is 24.7. The molecule has 0 aromatic heterocycles. The molecule has 0 spiro atoms. The Morgan fingerprint density at radius 2 is 1.05 bits per heavy atom. The number of hydrogen-bond acceptors (Lipinski definition) is 4. The van der Waals surface area contributed by atoms with Gasteiger partial charge in [-0.3, -0.25) is 0 Å². The summed E-state index contributed by atoms with van der Waals surface area (Å²) in [6, 6.07) is 20.9. The second-order valence-electron chi connectivity index (χ2n) is 12.6. The number of benzene rings is 2. The highest BCUT2D eigenvalue weighted by molar-refractivity contribution is 5.98. The molecule has 0 heterocycles. The fourth-order valence-corrected chi connectivity index (χ4v) is 6.99. The van der Waals surface area contributed by atoms with E-state index in [9.17, 15) is 9.59 Å². The van der Waals surface area contributed by atoms with E-state index >= 15 is 0 Å². The summed E-state index contributed by atoms with van der Waals surface area (Å²) in [6.45, 7) is 8.92. The van der Waals surface area contributed by atoms with Gasteiger partial charge in [0, 0.05) is 11.8 Å². The Labute approximate surface area is 241 Å². The lowest BCUT2D eigenvalue weighted by Gasteiger charge is -2.37. The van der Waals surface area contributed by atoms with E-state index in [2.05, 4.69) is 88.1 Å². The van der Waals surface area contributed by atoms with Crippen molar-refractivity contribution in [3.05, 3.63) is 71.8 Å². The third-order valence-electron chi connectivity index (χ3n) is 9.26. The summed E-state index contributed by atoms with van der Waals surface area (Å²) in [7, 11) is 0. The van der Waals surface area contributed by atoms with E-state index in [0.717, 1.165) is 51.4 Å². The van der Waals surface area contributed by atoms with E-state index in [-0.39, 0.29) is 24.0 Å². The summed E-state index contributed by atoms with van der Waals surface area (Å²) in [5.74, 6) is 5.98. The van der Waals surface area contributed by atoms with Crippen molar-refractivity contribution in [1.29, 1.82) is 0 Å². The van der Waals surface area contributed by atoms with Crippen LogP contribution in [0.25, 0.3) is 0 Å². The maximum atomic E-state index is 12.8. The first-order chi connectivity index (χ1) is 19.3. The van der Waals surface area contributed by atoms with Crippen LogP contribution in [-0.2, 0) is 31.9 Å². The number of ether oxygens (including phenoxy) is 2. The van der Waals surface area contributed by atoms with Crippen molar-refractivity contribution in [1.82, 2.24) is 0 Å². The van der Waals surface area contributed by atoms with Gasteiger partial charge in [0.15, 0.2) is 0 Å². The maximum Gasteiger partial charge on any atom is 0.385 e. The van der Waals surface area contributed by atoms with Crippen LogP contribution >= 0.6 is 0 Å². The van der Waals surface area contributed by atoms with Crippen LogP contribution in [0, 0.1) is 47.3 Å². The molecule has 2 aliphatic carbocycles. The number of esters is 2. The van der Waals surface area contributed by atoms with Crippen LogP contribution in [0.2, 0.25) is 0 Å². The molecule has 0 radical (unpaired) electrons. The van der Waals surface area contributed by atoms with Crippen molar-refractivity contribution in [2.75, 3.05) is 0 Å². The molecule has 4 heteroatoms. The van der Waals surface area contributed by atoms with Gasteiger partial charge in [0.2, 0.25) is 0 Å². The summed E-state index contributed by atoms with van der Waals surface area (Å²) in [4.78, 5) is 25.5. The van der Waals surface area contributed by atoms with Crippen molar-refractivity contribution >= 4 is 11.9 Å². The standard InChI is InChI=1S/C36H46O4/c1-25-15-17-31(27(3)23-29-11-7-5-8-12-29)33(21-25)39-35(37)19-20-36(38)40-34-22-26(2)16-18-32(34)28(4)24-30-13-9-6-10-14-30/h5-14,25-28,31-34H,15-18,21-24H2,1-4H3/t25-,26-,27?,28?,31+,32+,33-,34-/m1/s1. The predicted octanol–water partition coefficient (Wildman–Crippen LogP) is 7.44. The molecule has 0 amide bonds. The van der Waals surface area contributed by atoms with Crippen LogP contribution in [0.5, 0.6) is 0 Å². The first-order valence-corrected chi connectivity index (χ1v) is 15.3. The summed E-state index contributed by atoms with van der Waals surface area (Å²) in [5.41, 5.74) is 2.60. The van der Waals surface area contributed by atoms with Crippen molar-refractivity contribution in [2.24, 2.45) is 35.5 Å². The highest BCUT2D eigenvalue weighted by Gasteiger charge is 2.36. The first kappa shape index (κ1) is 29.9. The van der Waals surface area contributed by atoms with Crippen LogP contribution in [0.4, 0.5) is 0 Å². The van der Waals surface area contributed by atoms with E-state index < -0.39 is 11.9 Å². The summed E-state index contributed by atoms with van der Waals surface area (Å²) >= 11 is 0. The lowest BCUT2D eigenvalue weighted by atomic mass is 9.73. The smallest absolute Gasteiger partial charge is 0.385 e. The molecule has 0 bridgehead atoms. The molecule has 2 aliphatic rings. The van der Waals surface area contributed by atoms with Gasteiger partial charge in [0.05, 0.1) is 0 Å². The molecule has 0 N–H and O–H groups in total. The van der Waals surface area contributed by atoms with Gasteiger partial charge < -0.3 is 9.47 Å². The zero-order valence-corrected chi connectivity index (χ0v) is 24.7. The molecule has 0 aliphatic heterocycles. The van der Waals surface area contributed by atoms with Gasteiger partial charge in [-0.2, -0.15) is 0 Å². The van der Waals surface area contributed by atoms with Gasteiger partial charge in [-0.1, -0.05) is 101 Å². The van der Waals surface area contributed by atoms with Gasteiger partial charge in [-0.25, -0.2) is 9.59 Å². The molecular formula is C36H46O4. The molecule has 2 fully saturated rings. The Kier molecular flexibility index (Phi) is 10.9. The van der Waals surface area contributed by atoms with Gasteiger partial charge in [-0.15, -0.1) is 0 Å². The summed E-state index contributed by atoms with van der Waals surface area (Å²) < 4.78 is 11.8. The minimum atomic E-state index is -0.626. The number of rotatable bonds is 8. The average molecular weight is 543 g/mol. The molecular weight excluding hydrogens is 496 g/mol. The minimum Gasteiger partial charge on any atom is -0.452 e. The molecule has 4 nitrogen and oxygen atoms in total. The summed E-state index contributed by atoms with van der Waals surface area (Å²) in [5, 5.41) is 0. The van der Waals surface area contributed by atoms with E-state index in [1.165, 1.54) is 11.1 Å². The van der Waals surface area contributed by atoms with E-state index in [1.54, 1.807) is 0 Å². The molecule has 214 valence electrons. The quantitative estimate of drug-likeness (QED) is 0.198. The summed E-state index contributed by atoms with van der Waals surface area (Å²) in [6.07, 6.45) is 7.57. The Hall–Kier alpha value is -3.06. The fourth-order valence-electron chi connectivity index (χ4n) is 6.99. The molecule has 4 rings (SSSR count). The van der Waals surface area contributed by atoms with Gasteiger partial charge in [0.1, 0.15) is 12.2 Å². The topological polar surface area (TPSA) is 52.6 Å². The van der Waals surface area contributed by atoms with Gasteiger partial charge >= 0.3 is 11.9 Å². The lowest BCUT2D eigenvalue weighted by Crippen LogP contribution is -2.37. The Morgan fingerprint density at radius 3 is 1.43 bits per heavy atom. The molecule has 2 aromatic rings. The van der Waals surface area contributed by atoms with E-state index in [4.69, 9.17) is 9.47 Å². The largest absolute Gasteiger partial charge is 0.452 e. The van der Waals surface area contributed by atoms with Gasteiger partial charge in [0.25, 0.3) is 0 Å². The van der Waals surface area contributed by atoms with Gasteiger partial charge in [-0.05, 0) is 85.2 Å². The van der Waals surface area contributed by atoms with Crippen molar-refractivity contribution in [2.45, 2.75) is 91.3 Å². The van der Waals surface area contributed by atoms with Crippen molar-refractivity contribution in [3.8, 4) is 11.8 Å². The number of carbonyl (C=O) groups excluding carboxylic acids is 2. The molecule has 8 atom stereocenters. The lowest BCUT2D eigenvalue weighted by molar-refractivity contribution is -0.151. The van der Waals surface area contributed by atoms with Crippen LogP contribution < -0.4 is 0 Å². The highest BCUT2D eigenvalue weighted by Crippen LogP contribution is 2.38. The third kappa shape index (κ3) is 8.72. The molecule has 40 heavy (non-hydrogen) atoms. The molecule has 2 saturated carbocycles. The molecule has 0 saturated heterocycles. The Morgan fingerprint density at radius 1 is 0.675 bits per heavy atom. The minimum absolute atomic E-state index is 0.178. The average Bonchev–Trinajstić information content (AvgIpc) is 2.93. The molecule has 2 unspecified atom stereocenters. The maximum absolute atomic E-state index is 12.8. The Bertz CT molecular complexity index is 1060. The van der Waals surface area contributed by atoms with E-state index in [0.29, 0.717) is 23.7 Å². The highest BCUT2D eigenvalue weighted by atomic mass is 16.5. The third-order valence-corrected chi connectivity index (χ3v) is 9.26. The predicted molar refractivity (Wildman–Crippen MR) is 159 cm³/mol. The first-order valence-electron chi connectivity index (χ1n) is 15.3. The normalized spacial score (nSPS) is 27.9. The second-order valence-corrected chi connectivity index (χ2v) is 12.6. The second kappa shape index (κ2) is 14.5. The molecule has 2 aromatic carbocycles. The van der Waals surface area contributed by atoms with Crippen molar-refractivity contribution < 1.29 is 19.1 Å². The fraction of sp³-hybridized carbons (Fsp3) is 0.556. The SMILES string of the molecule is CC(Cc1ccccc1)[C@@H]1CC[C@@H](C)C[C@H]1OC(=O)C#CC(=O)O[C@@H]1C[C@H](C)CC[C@H]1C(C)Cc1ccccc1. The van der Waals surface area contributed by atoms with Crippen LogP contribution in [-0.4, -0.2) is 24.1 Å². The number of carbonyl (C=O) groups is 2. The monoisotopic (exact) mass is 542 g/mol. The number of hydrogen-bond donors (Lipinski definition) is 0. The van der Waals surface area contributed by atoms with Crippen LogP contribution in [0.15, 0.2) is 60.7 Å². The van der Waals surface area contributed by atoms with Crippen molar-refractivity contribution in [3.63, 3.8) is 0 Å².